The Morgan fingerprint density at radius 1 is 1.28 bits per heavy atom. The molecule has 0 atom stereocenters. The molecule has 0 aliphatic heterocycles. The van der Waals surface area contributed by atoms with Crippen LogP contribution in [0.3, 0.4) is 0 Å². The zero-order valence-electron chi connectivity index (χ0n) is 9.57. The third-order valence-electron chi connectivity index (χ3n) is 2.14. The number of nitrogens with zero attached hydrogens (tertiary/aromatic N) is 1. The van der Waals surface area contributed by atoms with E-state index in [-0.39, 0.29) is 19.0 Å². The minimum Gasteiger partial charge on any atom is -0.480 e. The molecule has 0 aromatic heterocycles. The van der Waals surface area contributed by atoms with Gasteiger partial charge in [-0.25, -0.2) is 0 Å². The van der Waals surface area contributed by atoms with Crippen molar-refractivity contribution >= 4 is 18.4 Å². The van der Waals surface area contributed by atoms with E-state index in [0.717, 1.165) is 12.1 Å². The van der Waals surface area contributed by atoms with E-state index >= 15 is 0 Å². The van der Waals surface area contributed by atoms with Crippen molar-refractivity contribution in [1.82, 2.24) is 4.90 Å². The van der Waals surface area contributed by atoms with Crippen LogP contribution < -0.4 is 0 Å². The van der Waals surface area contributed by atoms with Crippen LogP contribution in [0.15, 0.2) is 24.3 Å². The van der Waals surface area contributed by atoms with Crippen molar-refractivity contribution in [2.45, 2.75) is 12.7 Å². The molecule has 1 aromatic rings. The number of aliphatic carboxylic acids is 1. The third-order valence-corrected chi connectivity index (χ3v) is 2.14. The first kappa shape index (κ1) is 16.7. The molecule has 18 heavy (non-hydrogen) atoms. The topological polar surface area (TPSA) is 40.5 Å². The maximum Gasteiger partial charge on any atom is 0.416 e. The molecular formula is C11H13ClF3NO2. The van der Waals surface area contributed by atoms with E-state index in [1.54, 1.807) is 7.05 Å². The summed E-state index contributed by atoms with van der Waals surface area (Å²) in [5.41, 5.74) is -0.0658. The van der Waals surface area contributed by atoms with Gasteiger partial charge in [-0.05, 0) is 24.7 Å². The lowest BCUT2D eigenvalue weighted by atomic mass is 10.1. The summed E-state index contributed by atoms with van der Waals surface area (Å²) in [6.45, 7) is 0.144. The molecule has 102 valence electrons. The second-order valence-corrected chi connectivity index (χ2v) is 3.76. The third kappa shape index (κ3) is 5.37. The largest absolute Gasteiger partial charge is 0.480 e. The number of carbonyl (C=O) groups is 1. The molecule has 0 aliphatic rings. The van der Waals surface area contributed by atoms with Crippen LogP contribution in [0.4, 0.5) is 13.2 Å². The highest BCUT2D eigenvalue weighted by Crippen LogP contribution is 2.29. The molecule has 0 bridgehead atoms. The predicted molar refractivity (Wildman–Crippen MR) is 62.7 cm³/mol. The van der Waals surface area contributed by atoms with Crippen LogP contribution in [0.5, 0.6) is 0 Å². The van der Waals surface area contributed by atoms with Gasteiger partial charge in [0, 0.05) is 6.54 Å². The van der Waals surface area contributed by atoms with Gasteiger partial charge in [0.25, 0.3) is 0 Å². The number of alkyl halides is 3. The molecule has 0 aliphatic carbocycles. The van der Waals surface area contributed by atoms with Gasteiger partial charge in [0.1, 0.15) is 0 Å². The Balaban J connectivity index is 0.00000289. The van der Waals surface area contributed by atoms with Crippen LogP contribution in [0, 0.1) is 0 Å². The van der Waals surface area contributed by atoms with E-state index in [1.165, 1.54) is 17.0 Å². The Morgan fingerprint density at radius 3 is 2.17 bits per heavy atom. The molecule has 1 aromatic carbocycles. The number of halogens is 4. The normalized spacial score (nSPS) is 11.2. The molecular weight excluding hydrogens is 271 g/mol. The predicted octanol–water partition coefficient (Wildman–Crippen LogP) is 2.64. The van der Waals surface area contributed by atoms with Gasteiger partial charge in [-0.15, -0.1) is 12.4 Å². The molecule has 0 fully saturated rings. The monoisotopic (exact) mass is 283 g/mol. The fourth-order valence-electron chi connectivity index (χ4n) is 1.40. The van der Waals surface area contributed by atoms with Gasteiger partial charge in [-0.3, -0.25) is 9.69 Å². The number of hydrogen-bond donors (Lipinski definition) is 1. The van der Waals surface area contributed by atoms with Gasteiger partial charge in [0.15, 0.2) is 0 Å². The Hall–Kier alpha value is -1.27. The van der Waals surface area contributed by atoms with Gasteiger partial charge < -0.3 is 5.11 Å². The molecule has 0 saturated heterocycles. The lowest BCUT2D eigenvalue weighted by molar-refractivity contribution is -0.138. The summed E-state index contributed by atoms with van der Waals surface area (Å²) in [6, 6.07) is 4.68. The quantitative estimate of drug-likeness (QED) is 0.923. The van der Waals surface area contributed by atoms with Crippen LogP contribution in [0.1, 0.15) is 11.1 Å². The van der Waals surface area contributed by atoms with E-state index in [9.17, 15) is 18.0 Å². The number of carboxylic acids is 1. The van der Waals surface area contributed by atoms with Crippen molar-refractivity contribution in [2.75, 3.05) is 13.6 Å². The van der Waals surface area contributed by atoms with Crippen LogP contribution in [0.2, 0.25) is 0 Å². The highest BCUT2D eigenvalue weighted by molar-refractivity contribution is 5.85. The van der Waals surface area contributed by atoms with E-state index in [4.69, 9.17) is 5.11 Å². The molecule has 7 heteroatoms. The van der Waals surface area contributed by atoms with E-state index in [1.807, 2.05) is 0 Å². The minimum absolute atomic E-state index is 0. The van der Waals surface area contributed by atoms with Crippen LogP contribution in [-0.2, 0) is 17.5 Å². The molecule has 1 rings (SSSR count). The SMILES string of the molecule is CN(CC(=O)O)Cc1ccc(C(F)(F)F)cc1.Cl. The fourth-order valence-corrected chi connectivity index (χ4v) is 1.40. The lowest BCUT2D eigenvalue weighted by Crippen LogP contribution is -2.25. The van der Waals surface area contributed by atoms with Gasteiger partial charge in [-0.1, -0.05) is 12.1 Å². The van der Waals surface area contributed by atoms with E-state index in [2.05, 4.69) is 0 Å². The summed E-state index contributed by atoms with van der Waals surface area (Å²) in [4.78, 5) is 11.9. The number of rotatable bonds is 4. The first-order chi connectivity index (χ1) is 7.79. The van der Waals surface area contributed by atoms with Crippen LogP contribution in [0.25, 0.3) is 0 Å². The molecule has 0 heterocycles. The average molecular weight is 284 g/mol. The van der Waals surface area contributed by atoms with Crippen molar-refractivity contribution in [3.63, 3.8) is 0 Å². The van der Waals surface area contributed by atoms with Crippen molar-refractivity contribution in [3.8, 4) is 0 Å². The Bertz CT molecular complexity index is 392. The molecule has 0 saturated carbocycles. The van der Waals surface area contributed by atoms with Crippen molar-refractivity contribution < 1.29 is 23.1 Å². The zero-order valence-corrected chi connectivity index (χ0v) is 10.4. The number of benzene rings is 1. The summed E-state index contributed by atoms with van der Waals surface area (Å²) in [6.07, 6.45) is -4.34. The smallest absolute Gasteiger partial charge is 0.416 e. The Labute approximate surface area is 109 Å². The van der Waals surface area contributed by atoms with Crippen molar-refractivity contribution in [2.24, 2.45) is 0 Å². The van der Waals surface area contributed by atoms with Crippen molar-refractivity contribution in [3.05, 3.63) is 35.4 Å². The van der Waals surface area contributed by atoms with Gasteiger partial charge >= 0.3 is 12.1 Å². The second-order valence-electron chi connectivity index (χ2n) is 3.76. The number of carboxylic acid groups (broad SMARTS) is 1. The number of hydrogen-bond acceptors (Lipinski definition) is 2. The zero-order chi connectivity index (χ0) is 13.1. The Morgan fingerprint density at radius 2 is 1.78 bits per heavy atom. The van der Waals surface area contributed by atoms with Crippen LogP contribution >= 0.6 is 12.4 Å². The molecule has 1 N–H and O–H groups in total. The summed E-state index contributed by atoms with van der Waals surface area (Å²) in [5, 5.41) is 8.52. The number of likely N-dealkylation sites (N-methyl/N-ethyl adjacent to an activating group) is 1. The highest BCUT2D eigenvalue weighted by atomic mass is 35.5. The highest BCUT2D eigenvalue weighted by Gasteiger charge is 2.29. The first-order valence-electron chi connectivity index (χ1n) is 4.85. The summed E-state index contributed by atoms with van der Waals surface area (Å²) in [5.74, 6) is -0.973. The summed E-state index contributed by atoms with van der Waals surface area (Å²) in [7, 11) is 1.59. The maximum absolute atomic E-state index is 12.3. The average Bonchev–Trinajstić information content (AvgIpc) is 2.15. The van der Waals surface area contributed by atoms with Gasteiger partial charge in [0.05, 0.1) is 12.1 Å². The molecule has 0 amide bonds. The fraction of sp³-hybridized carbons (Fsp3) is 0.364. The minimum atomic E-state index is -4.34. The maximum atomic E-state index is 12.3. The summed E-state index contributed by atoms with van der Waals surface area (Å²) < 4.78 is 36.8. The van der Waals surface area contributed by atoms with Gasteiger partial charge in [-0.2, -0.15) is 13.2 Å². The Kier molecular flexibility index (Phi) is 6.14. The van der Waals surface area contributed by atoms with Crippen LogP contribution in [-0.4, -0.2) is 29.6 Å². The van der Waals surface area contributed by atoms with Crippen molar-refractivity contribution in [1.29, 1.82) is 0 Å². The van der Waals surface area contributed by atoms with E-state index in [0.29, 0.717) is 12.1 Å². The molecule has 0 radical (unpaired) electrons. The standard InChI is InChI=1S/C11H12F3NO2.ClH/c1-15(7-10(16)17)6-8-2-4-9(5-3-8)11(12,13)14;/h2-5H,6-7H2,1H3,(H,16,17);1H. The van der Waals surface area contributed by atoms with E-state index < -0.39 is 17.7 Å². The lowest BCUT2D eigenvalue weighted by Gasteiger charge is -2.14. The first-order valence-corrected chi connectivity index (χ1v) is 4.85. The van der Waals surface area contributed by atoms with Gasteiger partial charge in [0.2, 0.25) is 0 Å². The molecule has 3 nitrogen and oxygen atoms in total. The molecule has 0 unspecified atom stereocenters. The molecule has 0 spiro atoms. The second kappa shape index (κ2) is 6.61. The summed E-state index contributed by atoms with van der Waals surface area (Å²) >= 11 is 0.